The first-order valence-electron chi connectivity index (χ1n) is 0.224. The van der Waals surface area contributed by atoms with Crippen molar-refractivity contribution in [2.24, 2.45) is 0 Å². The van der Waals surface area contributed by atoms with Gasteiger partial charge in [-0.1, -0.05) is 0 Å². The fraction of sp³-hybridized carbons (Fsp3) is 0. The maximum atomic E-state index is 6.25. The third kappa shape index (κ3) is 9.26. The van der Waals surface area contributed by atoms with E-state index in [0.717, 1.165) is 0 Å². The zero-order valence-corrected chi connectivity index (χ0v) is 8.68. The molecule has 0 saturated heterocycles. The molecule has 0 aromatic heterocycles. The van der Waals surface area contributed by atoms with Crippen LogP contribution in [-0.4, -0.2) is 48.9 Å². The summed E-state index contributed by atoms with van der Waals surface area (Å²) in [6.45, 7) is 4.75. The fourth-order valence-corrected chi connectivity index (χ4v) is 0. The van der Waals surface area contributed by atoms with Gasteiger partial charge >= 0.3 is 48.9 Å². The third-order valence-electron chi connectivity index (χ3n) is 0. The maximum Gasteiger partial charge on any atom is 2.00 e. The Bertz CT molecular complexity index is 18.3. The van der Waals surface area contributed by atoms with Crippen molar-refractivity contribution in [3.05, 3.63) is 6.57 Å². The van der Waals surface area contributed by atoms with Gasteiger partial charge in [0.05, 0.1) is 0 Å². The van der Waals surface area contributed by atoms with Crippen LogP contribution in [0.3, 0.4) is 0 Å². The van der Waals surface area contributed by atoms with Crippen LogP contribution in [0.2, 0.25) is 0 Å². The van der Waals surface area contributed by atoms with Gasteiger partial charge in [-0.05, 0) is 0 Å². The summed E-state index contributed by atoms with van der Waals surface area (Å²) in [7, 11) is 0. The van der Waals surface area contributed by atoms with Gasteiger partial charge in [0.1, 0.15) is 0 Å². The van der Waals surface area contributed by atoms with E-state index in [9.17, 15) is 0 Å². The molecule has 0 amide bonds. The molecule has 0 spiro atoms. The summed E-state index contributed by atoms with van der Waals surface area (Å²) < 4.78 is 0. The monoisotopic (exact) mass is 361 g/mol. The molecule has 0 radical (unpaired) electrons. The van der Waals surface area contributed by atoms with Crippen molar-refractivity contribution in [3.63, 3.8) is 0 Å². The van der Waals surface area contributed by atoms with Crippen molar-refractivity contribution in [2.45, 2.75) is 0 Å². The van der Waals surface area contributed by atoms with Crippen LogP contribution in [0, 0.1) is 11.8 Å². The van der Waals surface area contributed by atoms with Gasteiger partial charge in [0.15, 0.2) is 0 Å². The largest absolute Gasteiger partial charge is 2.00 e. The number of hydrogen-bond acceptors (Lipinski definition) is 1. The van der Waals surface area contributed by atoms with E-state index in [1.807, 2.05) is 0 Å². The first kappa shape index (κ1) is 17.2. The molecule has 0 aromatic rings. The maximum absolute atomic E-state index is 6.25. The van der Waals surface area contributed by atoms with Crippen LogP contribution in [0.15, 0.2) is 0 Å². The van der Waals surface area contributed by atoms with Crippen LogP contribution in [-0.2, 0) is 21.1 Å². The second kappa shape index (κ2) is 21.8. The smallest absolute Gasteiger partial charge is 1.00 e. The minimum Gasteiger partial charge on any atom is -1.00 e. The van der Waals surface area contributed by atoms with E-state index in [-0.39, 0.29) is 72.8 Å². The van der Waals surface area contributed by atoms with Gasteiger partial charge in [-0.2, -0.15) is 0 Å². The van der Waals surface area contributed by atoms with E-state index in [1.165, 1.54) is 0 Å². The van der Waals surface area contributed by atoms with Gasteiger partial charge in [0.2, 0.25) is 0 Å². The average Bonchev–Trinajstić information content (AvgIpc) is 1.00. The Balaban J connectivity index is -0.000000000833. The molecule has 0 aromatic carbocycles. The molecule has 0 fully saturated rings. The number of hydrogen-bond donors (Lipinski definition) is 0. The Morgan fingerprint density at radius 1 is 1.50 bits per heavy atom. The molecule has 0 aliphatic rings. The van der Waals surface area contributed by atoms with Crippen molar-refractivity contribution in [2.75, 3.05) is 0 Å². The minimum atomic E-state index is 0. The van der Waals surface area contributed by atoms with E-state index in [2.05, 4.69) is 0 Å². The summed E-state index contributed by atoms with van der Waals surface area (Å²) in [6.07, 6.45) is 0. The predicted octanol–water partition coefficient (Wildman–Crippen LogP) is -0.0619. The van der Waals surface area contributed by atoms with Gasteiger partial charge in [-0.3, -0.25) is 0 Å². The Morgan fingerprint density at radius 2 is 1.50 bits per heavy atom. The molecule has 1 nitrogen and oxygen atoms in total. The number of rotatable bonds is 0. The Morgan fingerprint density at radius 3 is 1.50 bits per heavy atom. The van der Waals surface area contributed by atoms with Gasteiger partial charge < -0.3 is 14.7 Å². The average molecular weight is 360 g/mol. The molecule has 24 valence electrons. The molecular formula is CH2BaNPt-. The predicted molar refractivity (Wildman–Crippen MR) is 12.9 cm³/mol. The minimum absolute atomic E-state index is 0. The topological polar surface area (TPSA) is 23.8 Å². The molecule has 0 N–H and O–H groups in total. The van der Waals surface area contributed by atoms with Crippen LogP contribution in [0.5, 0.6) is 0 Å². The van der Waals surface area contributed by atoms with Crippen molar-refractivity contribution in [1.82, 2.24) is 0 Å². The normalized spacial score (nSPS) is 0.500. The molecule has 0 unspecified atom stereocenters. The SMILES string of the molecule is [Ba+2].[C-]#N.[H-].[H-].[Pt]. The quantitative estimate of drug-likeness (QED) is 0.439. The van der Waals surface area contributed by atoms with E-state index < -0.39 is 0 Å². The Labute approximate surface area is 83.1 Å². The first-order chi connectivity index (χ1) is 1.00. The molecule has 0 rings (SSSR count). The van der Waals surface area contributed by atoms with Crippen LogP contribution >= 0.6 is 0 Å². The molecule has 3 heteroatoms. The molecule has 0 saturated carbocycles. The summed E-state index contributed by atoms with van der Waals surface area (Å²) in [5, 5.41) is 6.25. The summed E-state index contributed by atoms with van der Waals surface area (Å²) in [6, 6.07) is 0. The standard InChI is InChI=1S/CN.Ba.Pt.2H/c1-2;;;;/q-1;+2;;2*-1. The summed E-state index contributed by atoms with van der Waals surface area (Å²) in [5.74, 6) is 0. The molecule has 4 heavy (non-hydrogen) atoms. The zero-order valence-electron chi connectivity index (χ0n) is 3.97. The summed E-state index contributed by atoms with van der Waals surface area (Å²) in [5.41, 5.74) is 0. The van der Waals surface area contributed by atoms with E-state index in [0.29, 0.717) is 0 Å². The second-order valence-electron chi connectivity index (χ2n) is 0. The van der Waals surface area contributed by atoms with Crippen LogP contribution < -0.4 is 0 Å². The second-order valence-corrected chi connectivity index (χ2v) is 0. The molecule has 0 aliphatic heterocycles. The van der Waals surface area contributed by atoms with Gasteiger partial charge in [0, 0.05) is 21.1 Å². The molecular weight excluding hydrogens is 358 g/mol. The molecule has 0 atom stereocenters. The van der Waals surface area contributed by atoms with Crippen molar-refractivity contribution >= 4 is 48.9 Å². The van der Waals surface area contributed by atoms with E-state index in [4.69, 9.17) is 11.8 Å². The van der Waals surface area contributed by atoms with E-state index >= 15 is 0 Å². The fourth-order valence-electron chi connectivity index (χ4n) is 0. The van der Waals surface area contributed by atoms with Crippen molar-refractivity contribution in [1.29, 1.82) is 5.26 Å². The van der Waals surface area contributed by atoms with Gasteiger partial charge in [-0.25, -0.2) is 0 Å². The first-order valence-corrected chi connectivity index (χ1v) is 0.224. The van der Waals surface area contributed by atoms with Crippen molar-refractivity contribution < 1.29 is 23.9 Å². The van der Waals surface area contributed by atoms with Crippen LogP contribution in [0.1, 0.15) is 2.85 Å². The van der Waals surface area contributed by atoms with E-state index in [1.54, 1.807) is 0 Å². The Kier molecular flexibility index (Phi) is 93.6. The van der Waals surface area contributed by atoms with Gasteiger partial charge in [0.25, 0.3) is 0 Å². The van der Waals surface area contributed by atoms with Gasteiger partial charge in [-0.15, -0.1) is 0 Å². The molecule has 0 bridgehead atoms. The Hall–Kier alpha value is 1.75. The molecule has 0 heterocycles. The third-order valence-corrected chi connectivity index (χ3v) is 0. The van der Waals surface area contributed by atoms with Crippen LogP contribution in [0.25, 0.3) is 0 Å². The summed E-state index contributed by atoms with van der Waals surface area (Å²) in [4.78, 5) is 0. The number of nitrogens with zero attached hydrogens (tertiary/aromatic N) is 1. The zero-order chi connectivity index (χ0) is 2.00. The van der Waals surface area contributed by atoms with Crippen LogP contribution in [0.4, 0.5) is 0 Å². The molecule has 0 aliphatic carbocycles. The van der Waals surface area contributed by atoms with Crippen molar-refractivity contribution in [3.8, 4) is 0 Å². The summed E-state index contributed by atoms with van der Waals surface area (Å²) >= 11 is 0.